The van der Waals surface area contributed by atoms with Crippen LogP contribution in [0.15, 0.2) is 65.7 Å². The van der Waals surface area contributed by atoms with Gasteiger partial charge < -0.3 is 9.30 Å². The lowest BCUT2D eigenvalue weighted by Gasteiger charge is -2.05. The molecule has 5 nitrogen and oxygen atoms in total. The molecule has 0 radical (unpaired) electrons. The van der Waals surface area contributed by atoms with E-state index in [1.807, 2.05) is 61.5 Å². The van der Waals surface area contributed by atoms with Gasteiger partial charge in [0, 0.05) is 10.9 Å². The number of thiazole rings is 1. The molecule has 1 amide bonds. The van der Waals surface area contributed by atoms with Gasteiger partial charge in [0.25, 0.3) is 5.91 Å². The van der Waals surface area contributed by atoms with Gasteiger partial charge in [-0.05, 0) is 30.0 Å². The molecule has 1 heterocycles. The number of methoxy groups -OCH3 is 1. The number of amides is 1. The van der Waals surface area contributed by atoms with Crippen molar-refractivity contribution < 1.29 is 14.3 Å². The van der Waals surface area contributed by atoms with E-state index in [2.05, 4.69) is 4.99 Å². The summed E-state index contributed by atoms with van der Waals surface area (Å²) in [6.07, 6.45) is 0. The zero-order valence-corrected chi connectivity index (χ0v) is 16.3. The van der Waals surface area contributed by atoms with Crippen LogP contribution in [0.1, 0.15) is 15.9 Å². The van der Waals surface area contributed by atoms with Crippen molar-refractivity contribution in [2.24, 2.45) is 4.99 Å². The van der Waals surface area contributed by atoms with Crippen molar-refractivity contribution in [3.05, 3.63) is 76.6 Å². The maximum absolute atomic E-state index is 12.8. The zero-order valence-electron chi connectivity index (χ0n) is 15.5. The first kappa shape index (κ1) is 18.1. The smallest absolute Gasteiger partial charge is 0.325 e. The molecule has 140 valence electrons. The second-order valence-electron chi connectivity index (χ2n) is 6.41. The quantitative estimate of drug-likeness (QED) is 0.495. The topological polar surface area (TPSA) is 60.7 Å². The molecular weight excluding hydrogens is 372 g/mol. The maximum Gasteiger partial charge on any atom is 0.325 e. The van der Waals surface area contributed by atoms with Crippen LogP contribution in [0.3, 0.4) is 0 Å². The van der Waals surface area contributed by atoms with E-state index < -0.39 is 5.97 Å². The number of fused-ring (bicyclic) bond motifs is 3. The zero-order chi connectivity index (χ0) is 19.7. The van der Waals surface area contributed by atoms with Gasteiger partial charge in [-0.2, -0.15) is 4.99 Å². The molecule has 4 aromatic rings. The average molecular weight is 390 g/mol. The Kier molecular flexibility index (Phi) is 4.79. The predicted molar refractivity (Wildman–Crippen MR) is 110 cm³/mol. The molecule has 6 heteroatoms. The Morgan fingerprint density at radius 1 is 1.04 bits per heavy atom. The highest BCUT2D eigenvalue weighted by molar-refractivity contribution is 7.17. The summed E-state index contributed by atoms with van der Waals surface area (Å²) in [5.41, 5.74) is 2.27. The summed E-state index contributed by atoms with van der Waals surface area (Å²) in [5.74, 6) is -0.717. The molecule has 0 saturated heterocycles. The molecule has 0 fully saturated rings. The molecule has 1 aromatic heterocycles. The first-order valence-corrected chi connectivity index (χ1v) is 9.62. The molecule has 0 aliphatic rings. The van der Waals surface area contributed by atoms with Crippen molar-refractivity contribution in [2.75, 3.05) is 7.11 Å². The SMILES string of the molecule is COC(=O)Cn1c(=NC(=O)c2ccccc2C)sc2c3ccccc3ccc21. The molecule has 0 aliphatic carbocycles. The number of esters is 1. The van der Waals surface area contributed by atoms with E-state index in [0.717, 1.165) is 26.6 Å². The number of aryl methyl sites for hydroxylation is 1. The Labute approximate surface area is 165 Å². The Morgan fingerprint density at radius 3 is 2.57 bits per heavy atom. The first-order chi connectivity index (χ1) is 13.6. The molecule has 0 bridgehead atoms. The molecule has 28 heavy (non-hydrogen) atoms. The van der Waals surface area contributed by atoms with Crippen molar-refractivity contribution >= 4 is 44.2 Å². The minimum atomic E-state index is -0.391. The fraction of sp³-hybridized carbons (Fsp3) is 0.136. The average Bonchev–Trinajstić information content (AvgIpc) is 3.05. The van der Waals surface area contributed by atoms with Gasteiger partial charge in [0.15, 0.2) is 4.80 Å². The molecule has 0 saturated carbocycles. The summed E-state index contributed by atoms with van der Waals surface area (Å²) in [6, 6.07) is 19.3. The molecule has 0 unspecified atom stereocenters. The Morgan fingerprint density at radius 2 is 1.79 bits per heavy atom. The van der Waals surface area contributed by atoms with Gasteiger partial charge in [-0.25, -0.2) is 0 Å². The maximum atomic E-state index is 12.8. The third kappa shape index (κ3) is 3.23. The standard InChI is InChI=1S/C22H18N2O3S/c1-14-7-3-5-9-16(14)21(26)23-22-24(13-19(25)27-2)18-12-11-15-8-4-6-10-17(15)20(18)28-22/h3-12H,13H2,1-2H3. The van der Waals surface area contributed by atoms with Crippen LogP contribution in [0, 0.1) is 6.92 Å². The van der Waals surface area contributed by atoms with Gasteiger partial charge in [-0.3, -0.25) is 9.59 Å². The van der Waals surface area contributed by atoms with E-state index in [9.17, 15) is 9.59 Å². The number of aromatic nitrogens is 1. The molecule has 0 atom stereocenters. The van der Waals surface area contributed by atoms with Gasteiger partial charge in [-0.1, -0.05) is 59.9 Å². The molecule has 3 aromatic carbocycles. The number of rotatable bonds is 3. The van der Waals surface area contributed by atoms with Crippen LogP contribution in [0.5, 0.6) is 0 Å². The van der Waals surface area contributed by atoms with E-state index in [0.29, 0.717) is 10.4 Å². The number of nitrogens with zero attached hydrogens (tertiary/aromatic N) is 2. The number of ether oxygens (including phenoxy) is 1. The Hall–Kier alpha value is -3.25. The predicted octanol–water partition coefficient (Wildman–Crippen LogP) is 4.08. The number of hydrogen-bond acceptors (Lipinski definition) is 4. The molecular formula is C22H18N2O3S. The van der Waals surface area contributed by atoms with E-state index in [4.69, 9.17) is 4.74 Å². The molecule has 4 rings (SSSR count). The molecule has 0 aliphatic heterocycles. The van der Waals surface area contributed by atoms with Crippen molar-refractivity contribution in [3.63, 3.8) is 0 Å². The van der Waals surface area contributed by atoms with Gasteiger partial charge in [0.1, 0.15) is 6.54 Å². The van der Waals surface area contributed by atoms with Crippen LogP contribution >= 0.6 is 11.3 Å². The highest BCUT2D eigenvalue weighted by atomic mass is 32.1. The minimum absolute atomic E-state index is 0.00523. The van der Waals surface area contributed by atoms with E-state index >= 15 is 0 Å². The van der Waals surface area contributed by atoms with Gasteiger partial charge in [0.05, 0.1) is 17.3 Å². The van der Waals surface area contributed by atoms with E-state index in [-0.39, 0.29) is 12.5 Å². The van der Waals surface area contributed by atoms with Crippen LogP contribution < -0.4 is 4.80 Å². The fourth-order valence-electron chi connectivity index (χ4n) is 3.19. The van der Waals surface area contributed by atoms with Crippen LogP contribution in [-0.4, -0.2) is 23.6 Å². The fourth-order valence-corrected chi connectivity index (χ4v) is 4.35. The minimum Gasteiger partial charge on any atom is -0.468 e. The largest absolute Gasteiger partial charge is 0.468 e. The monoisotopic (exact) mass is 390 g/mol. The van der Waals surface area contributed by atoms with Gasteiger partial charge in [-0.15, -0.1) is 0 Å². The normalized spacial score (nSPS) is 11.9. The molecule has 0 N–H and O–H groups in total. The summed E-state index contributed by atoms with van der Waals surface area (Å²) in [5, 5.41) is 2.16. The number of benzene rings is 3. The van der Waals surface area contributed by atoms with Gasteiger partial charge in [0.2, 0.25) is 0 Å². The Bertz CT molecular complexity index is 1280. The van der Waals surface area contributed by atoms with Crippen LogP contribution in [0.4, 0.5) is 0 Å². The van der Waals surface area contributed by atoms with Crippen LogP contribution in [0.25, 0.3) is 21.0 Å². The van der Waals surface area contributed by atoms with E-state index in [1.54, 1.807) is 10.6 Å². The second-order valence-corrected chi connectivity index (χ2v) is 7.39. The van der Waals surface area contributed by atoms with Crippen LogP contribution in [0.2, 0.25) is 0 Å². The van der Waals surface area contributed by atoms with Crippen LogP contribution in [-0.2, 0) is 16.1 Å². The summed E-state index contributed by atoms with van der Waals surface area (Å²) >= 11 is 1.40. The summed E-state index contributed by atoms with van der Waals surface area (Å²) in [6.45, 7) is 1.87. The number of hydrogen-bond donors (Lipinski definition) is 0. The lowest BCUT2D eigenvalue weighted by Crippen LogP contribution is -2.22. The van der Waals surface area contributed by atoms with E-state index in [1.165, 1.54) is 18.4 Å². The first-order valence-electron chi connectivity index (χ1n) is 8.81. The number of carbonyl (C=O) groups is 2. The second kappa shape index (κ2) is 7.40. The lowest BCUT2D eigenvalue weighted by atomic mass is 10.1. The van der Waals surface area contributed by atoms with Crippen molar-refractivity contribution in [2.45, 2.75) is 13.5 Å². The van der Waals surface area contributed by atoms with Crippen molar-refractivity contribution in [1.82, 2.24) is 4.57 Å². The lowest BCUT2D eigenvalue weighted by molar-refractivity contribution is -0.141. The summed E-state index contributed by atoms with van der Waals surface area (Å²) < 4.78 is 7.57. The molecule has 0 spiro atoms. The Balaban J connectivity index is 1.97. The highest BCUT2D eigenvalue weighted by Gasteiger charge is 2.14. The third-order valence-electron chi connectivity index (χ3n) is 4.66. The van der Waals surface area contributed by atoms with Crippen molar-refractivity contribution in [3.8, 4) is 0 Å². The number of carbonyl (C=O) groups excluding carboxylic acids is 2. The highest BCUT2D eigenvalue weighted by Crippen LogP contribution is 2.27. The van der Waals surface area contributed by atoms with Crippen molar-refractivity contribution in [1.29, 1.82) is 0 Å². The summed E-state index contributed by atoms with van der Waals surface area (Å²) in [7, 11) is 1.35. The van der Waals surface area contributed by atoms with Gasteiger partial charge >= 0.3 is 5.97 Å². The summed E-state index contributed by atoms with van der Waals surface area (Å²) in [4.78, 5) is 29.6. The third-order valence-corrected chi connectivity index (χ3v) is 5.79.